The highest BCUT2D eigenvalue weighted by Crippen LogP contribution is 2.21. The van der Waals surface area contributed by atoms with Gasteiger partial charge in [-0.05, 0) is 27.1 Å². The van der Waals surface area contributed by atoms with Gasteiger partial charge in [0.1, 0.15) is 0 Å². The van der Waals surface area contributed by atoms with Gasteiger partial charge in [-0.15, -0.1) is 0 Å². The summed E-state index contributed by atoms with van der Waals surface area (Å²) in [6, 6.07) is 7.87. The van der Waals surface area contributed by atoms with Crippen molar-refractivity contribution < 1.29 is 4.79 Å². The number of H-pyrrole nitrogens is 1. The fourth-order valence-electron chi connectivity index (χ4n) is 2.05. The lowest BCUT2D eigenvalue weighted by Crippen LogP contribution is -2.31. The maximum absolute atomic E-state index is 12.2. The Hall–Kier alpha value is -1.81. The lowest BCUT2D eigenvalue weighted by Gasteiger charge is -2.10. The summed E-state index contributed by atoms with van der Waals surface area (Å²) < 4.78 is 0. The van der Waals surface area contributed by atoms with Crippen molar-refractivity contribution in [3.63, 3.8) is 0 Å². The summed E-state index contributed by atoms with van der Waals surface area (Å²) in [5.41, 5.74) is 2.68. The normalized spacial score (nSPS) is 11.1. The number of benzene rings is 1. The number of aryl methyl sites for hydroxylation is 1. The number of amides is 1. The molecule has 1 heterocycles. The number of nitrogens with one attached hydrogen (secondary N) is 2. The highest BCUT2D eigenvalue weighted by Gasteiger charge is 2.14. The first-order valence-electron chi connectivity index (χ1n) is 6.10. The van der Waals surface area contributed by atoms with Crippen LogP contribution in [0.4, 0.5) is 0 Å². The number of carbonyl (C=O) groups excluding carboxylic acids is 1. The number of hydrogen-bond donors (Lipinski definition) is 2. The molecule has 0 unspecified atom stereocenters. The Labute approximate surface area is 107 Å². The van der Waals surface area contributed by atoms with Gasteiger partial charge in [-0.2, -0.15) is 0 Å². The Morgan fingerprint density at radius 3 is 2.78 bits per heavy atom. The molecule has 0 fully saturated rings. The molecule has 1 amide bonds. The number of aromatic nitrogens is 1. The van der Waals surface area contributed by atoms with Crippen molar-refractivity contribution in [2.45, 2.75) is 6.92 Å². The van der Waals surface area contributed by atoms with Crippen molar-refractivity contribution in [2.75, 3.05) is 27.2 Å². The van der Waals surface area contributed by atoms with Crippen LogP contribution in [0.5, 0.6) is 0 Å². The van der Waals surface area contributed by atoms with Crippen molar-refractivity contribution in [3.8, 4) is 0 Å². The van der Waals surface area contributed by atoms with Gasteiger partial charge in [0.2, 0.25) is 0 Å². The molecule has 96 valence electrons. The quantitative estimate of drug-likeness (QED) is 0.862. The first-order chi connectivity index (χ1) is 8.59. The molecular formula is C14H19N3O. The fraction of sp³-hybridized carbons (Fsp3) is 0.357. The van der Waals surface area contributed by atoms with Crippen LogP contribution in [0, 0.1) is 6.92 Å². The van der Waals surface area contributed by atoms with E-state index in [1.165, 1.54) is 0 Å². The van der Waals surface area contributed by atoms with Crippen LogP contribution in [0.1, 0.15) is 16.1 Å². The Balaban J connectivity index is 2.19. The van der Waals surface area contributed by atoms with Gasteiger partial charge in [-0.3, -0.25) is 4.79 Å². The summed E-state index contributed by atoms with van der Waals surface area (Å²) in [7, 11) is 3.98. The standard InChI is InChI=1S/C14H19N3O/c1-10-13(14(18)15-8-9-17(2)3)11-6-4-5-7-12(11)16-10/h4-7,16H,8-9H2,1-3H3,(H,15,18). The number of para-hydroxylation sites is 1. The van der Waals surface area contributed by atoms with Crippen molar-refractivity contribution in [2.24, 2.45) is 0 Å². The monoisotopic (exact) mass is 245 g/mol. The first kappa shape index (κ1) is 12.6. The molecule has 0 radical (unpaired) electrons. The zero-order chi connectivity index (χ0) is 13.1. The van der Waals surface area contributed by atoms with E-state index in [1.807, 2.05) is 50.2 Å². The van der Waals surface area contributed by atoms with E-state index in [0.29, 0.717) is 6.54 Å². The summed E-state index contributed by atoms with van der Waals surface area (Å²) in [4.78, 5) is 17.5. The SMILES string of the molecule is Cc1[nH]c2ccccc2c1C(=O)NCCN(C)C. The summed E-state index contributed by atoms with van der Waals surface area (Å²) in [5.74, 6) is -0.00759. The Morgan fingerprint density at radius 1 is 1.33 bits per heavy atom. The molecule has 0 aliphatic heterocycles. The number of hydrogen-bond acceptors (Lipinski definition) is 2. The van der Waals surface area contributed by atoms with E-state index in [0.717, 1.165) is 28.7 Å². The topological polar surface area (TPSA) is 48.1 Å². The number of likely N-dealkylation sites (N-methyl/N-ethyl adjacent to an activating group) is 1. The molecule has 0 atom stereocenters. The molecule has 2 N–H and O–H groups in total. The molecular weight excluding hydrogens is 226 g/mol. The van der Waals surface area contributed by atoms with E-state index in [-0.39, 0.29) is 5.91 Å². The number of fused-ring (bicyclic) bond motifs is 1. The van der Waals surface area contributed by atoms with E-state index in [2.05, 4.69) is 10.3 Å². The zero-order valence-corrected chi connectivity index (χ0v) is 11.1. The minimum atomic E-state index is -0.00759. The molecule has 1 aromatic carbocycles. The molecule has 0 aliphatic rings. The third-order valence-corrected chi connectivity index (χ3v) is 2.97. The molecule has 0 spiro atoms. The van der Waals surface area contributed by atoms with Crippen LogP contribution >= 0.6 is 0 Å². The molecule has 1 aromatic heterocycles. The molecule has 4 nitrogen and oxygen atoms in total. The highest BCUT2D eigenvalue weighted by atomic mass is 16.1. The minimum absolute atomic E-state index is 0.00759. The van der Waals surface area contributed by atoms with Crippen LogP contribution in [0.15, 0.2) is 24.3 Å². The van der Waals surface area contributed by atoms with Crippen molar-refractivity contribution in [1.82, 2.24) is 15.2 Å². The predicted molar refractivity (Wildman–Crippen MR) is 73.9 cm³/mol. The van der Waals surface area contributed by atoms with Gasteiger partial charge >= 0.3 is 0 Å². The van der Waals surface area contributed by atoms with E-state index < -0.39 is 0 Å². The van der Waals surface area contributed by atoms with Gasteiger partial charge in [0, 0.05) is 29.7 Å². The van der Waals surface area contributed by atoms with Crippen LogP contribution in [0.3, 0.4) is 0 Å². The average molecular weight is 245 g/mol. The molecule has 2 rings (SSSR count). The maximum atomic E-state index is 12.2. The Morgan fingerprint density at radius 2 is 2.06 bits per heavy atom. The second-order valence-electron chi connectivity index (χ2n) is 4.73. The van der Waals surface area contributed by atoms with Gasteiger partial charge in [0.15, 0.2) is 0 Å². The number of carbonyl (C=O) groups is 1. The zero-order valence-electron chi connectivity index (χ0n) is 11.1. The van der Waals surface area contributed by atoms with Crippen LogP contribution < -0.4 is 5.32 Å². The van der Waals surface area contributed by atoms with E-state index in [9.17, 15) is 4.79 Å². The van der Waals surface area contributed by atoms with Crippen LogP contribution in [0.25, 0.3) is 10.9 Å². The van der Waals surface area contributed by atoms with Gasteiger partial charge in [-0.25, -0.2) is 0 Å². The van der Waals surface area contributed by atoms with Gasteiger partial charge in [0.05, 0.1) is 5.56 Å². The number of nitrogens with zero attached hydrogens (tertiary/aromatic N) is 1. The fourth-order valence-corrected chi connectivity index (χ4v) is 2.05. The summed E-state index contributed by atoms with van der Waals surface area (Å²) in [6.45, 7) is 3.43. The summed E-state index contributed by atoms with van der Waals surface area (Å²) >= 11 is 0. The summed E-state index contributed by atoms with van der Waals surface area (Å²) in [6.07, 6.45) is 0. The van der Waals surface area contributed by atoms with E-state index in [4.69, 9.17) is 0 Å². The second kappa shape index (κ2) is 5.23. The van der Waals surface area contributed by atoms with Crippen molar-refractivity contribution >= 4 is 16.8 Å². The van der Waals surface area contributed by atoms with Gasteiger partial charge < -0.3 is 15.2 Å². The largest absolute Gasteiger partial charge is 0.358 e. The van der Waals surface area contributed by atoms with E-state index >= 15 is 0 Å². The van der Waals surface area contributed by atoms with Crippen LogP contribution in [-0.4, -0.2) is 43.0 Å². The first-order valence-corrected chi connectivity index (χ1v) is 6.10. The van der Waals surface area contributed by atoms with Gasteiger partial charge in [0.25, 0.3) is 5.91 Å². The van der Waals surface area contributed by atoms with Crippen LogP contribution in [-0.2, 0) is 0 Å². The lowest BCUT2D eigenvalue weighted by atomic mass is 10.1. The molecule has 18 heavy (non-hydrogen) atoms. The molecule has 0 saturated carbocycles. The molecule has 2 aromatic rings. The smallest absolute Gasteiger partial charge is 0.253 e. The minimum Gasteiger partial charge on any atom is -0.358 e. The Kier molecular flexibility index (Phi) is 3.67. The predicted octanol–water partition coefficient (Wildman–Crippen LogP) is 1.77. The maximum Gasteiger partial charge on any atom is 0.253 e. The third-order valence-electron chi connectivity index (χ3n) is 2.97. The second-order valence-corrected chi connectivity index (χ2v) is 4.73. The molecule has 0 bridgehead atoms. The van der Waals surface area contributed by atoms with Crippen LogP contribution in [0.2, 0.25) is 0 Å². The van der Waals surface area contributed by atoms with E-state index in [1.54, 1.807) is 0 Å². The molecule has 0 saturated heterocycles. The lowest BCUT2D eigenvalue weighted by molar-refractivity contribution is 0.0952. The molecule has 4 heteroatoms. The highest BCUT2D eigenvalue weighted by molar-refractivity contribution is 6.08. The molecule has 0 aliphatic carbocycles. The number of aromatic amines is 1. The summed E-state index contributed by atoms with van der Waals surface area (Å²) in [5, 5.41) is 3.93. The van der Waals surface area contributed by atoms with Crippen molar-refractivity contribution in [3.05, 3.63) is 35.5 Å². The average Bonchev–Trinajstić information content (AvgIpc) is 2.64. The van der Waals surface area contributed by atoms with Gasteiger partial charge in [-0.1, -0.05) is 18.2 Å². The van der Waals surface area contributed by atoms with Crippen molar-refractivity contribution in [1.29, 1.82) is 0 Å². The number of rotatable bonds is 4. The third kappa shape index (κ3) is 2.54. The Bertz CT molecular complexity index is 557.